The Kier molecular flexibility index (Phi) is 8.09. The highest BCUT2D eigenvalue weighted by atomic mass is 35.5. The first-order chi connectivity index (χ1) is 9.93. The normalized spacial score (nSPS) is 11.4. The number of benzene rings is 1. The van der Waals surface area contributed by atoms with E-state index in [0.717, 1.165) is 31.3 Å². The Morgan fingerprint density at radius 2 is 1.95 bits per heavy atom. The van der Waals surface area contributed by atoms with Gasteiger partial charge in [0.2, 0.25) is 0 Å². The zero-order chi connectivity index (χ0) is 15.8. The van der Waals surface area contributed by atoms with Crippen LogP contribution < -0.4 is 10.2 Å². The van der Waals surface area contributed by atoms with E-state index in [-0.39, 0.29) is 0 Å². The minimum Gasteiger partial charge on any atom is -0.383 e. The molecule has 0 radical (unpaired) electrons. The predicted octanol–water partition coefficient (Wildman–Crippen LogP) is 3.95. The van der Waals surface area contributed by atoms with Crippen molar-refractivity contribution >= 4 is 17.3 Å². The van der Waals surface area contributed by atoms with Crippen LogP contribution in [0.5, 0.6) is 0 Å². The fourth-order valence-electron chi connectivity index (χ4n) is 2.27. The van der Waals surface area contributed by atoms with Gasteiger partial charge in [-0.1, -0.05) is 39.3 Å². The molecule has 0 aliphatic carbocycles. The second-order valence-electron chi connectivity index (χ2n) is 6.14. The van der Waals surface area contributed by atoms with Crippen LogP contribution in [0.4, 0.5) is 5.69 Å². The van der Waals surface area contributed by atoms with Gasteiger partial charge in [-0.3, -0.25) is 0 Å². The minimum absolute atomic E-state index is 0.453. The van der Waals surface area contributed by atoms with Gasteiger partial charge in [0.05, 0.1) is 6.61 Å². The second kappa shape index (κ2) is 9.29. The maximum Gasteiger partial charge on any atom is 0.0637 e. The Morgan fingerprint density at radius 1 is 1.24 bits per heavy atom. The van der Waals surface area contributed by atoms with Gasteiger partial charge < -0.3 is 15.0 Å². The number of nitrogens with zero attached hydrogens (tertiary/aromatic N) is 1. The first-order valence-electron chi connectivity index (χ1n) is 7.69. The fraction of sp³-hybridized carbons (Fsp3) is 0.647. The number of hydrogen-bond donors (Lipinski definition) is 1. The molecule has 0 aliphatic heterocycles. The largest absolute Gasteiger partial charge is 0.383 e. The van der Waals surface area contributed by atoms with Gasteiger partial charge in [-0.25, -0.2) is 0 Å². The van der Waals surface area contributed by atoms with Crippen molar-refractivity contribution in [3.05, 3.63) is 28.8 Å². The summed E-state index contributed by atoms with van der Waals surface area (Å²) in [6, 6.07) is 6.61. The zero-order valence-corrected chi connectivity index (χ0v) is 14.7. The third-order valence-electron chi connectivity index (χ3n) is 3.23. The molecule has 0 unspecified atom stereocenters. The van der Waals surface area contributed by atoms with E-state index in [0.29, 0.717) is 12.0 Å². The Hall–Kier alpha value is -0.770. The van der Waals surface area contributed by atoms with Gasteiger partial charge in [-0.2, -0.15) is 0 Å². The third kappa shape index (κ3) is 6.68. The first-order valence-corrected chi connectivity index (χ1v) is 8.07. The molecule has 0 heterocycles. The number of halogens is 1. The third-order valence-corrected chi connectivity index (χ3v) is 3.47. The molecule has 0 fully saturated rings. The highest BCUT2D eigenvalue weighted by molar-refractivity contribution is 6.30. The molecular weight excluding hydrogens is 284 g/mol. The predicted molar refractivity (Wildman–Crippen MR) is 92.4 cm³/mol. The first kappa shape index (κ1) is 18.3. The summed E-state index contributed by atoms with van der Waals surface area (Å²) < 4.78 is 5.25. The van der Waals surface area contributed by atoms with Crippen molar-refractivity contribution in [2.75, 3.05) is 31.7 Å². The zero-order valence-electron chi connectivity index (χ0n) is 13.9. The molecule has 0 saturated carbocycles. The molecule has 1 rings (SSSR count). The van der Waals surface area contributed by atoms with Crippen LogP contribution in [0.15, 0.2) is 18.2 Å². The molecule has 21 heavy (non-hydrogen) atoms. The lowest BCUT2D eigenvalue weighted by Crippen LogP contribution is -2.32. The Morgan fingerprint density at radius 3 is 2.52 bits per heavy atom. The molecule has 1 aromatic carbocycles. The van der Waals surface area contributed by atoms with Gasteiger partial charge in [-0.05, 0) is 29.7 Å². The van der Waals surface area contributed by atoms with Gasteiger partial charge in [0.25, 0.3) is 0 Å². The standard InChI is InChI=1S/C17H29ClN2O/c1-13(2)12-20(8-9-21-5)17-7-6-16(18)10-15(17)11-19-14(3)4/h6-7,10,13-14,19H,8-9,11-12H2,1-5H3. The molecule has 4 heteroatoms. The molecule has 3 nitrogen and oxygen atoms in total. The van der Waals surface area contributed by atoms with Crippen LogP contribution in [-0.4, -0.2) is 32.8 Å². The summed E-state index contributed by atoms with van der Waals surface area (Å²) in [6.45, 7) is 12.2. The highest BCUT2D eigenvalue weighted by Gasteiger charge is 2.13. The summed E-state index contributed by atoms with van der Waals surface area (Å²) in [4.78, 5) is 2.39. The van der Waals surface area contributed by atoms with Crippen molar-refractivity contribution < 1.29 is 4.74 Å². The van der Waals surface area contributed by atoms with Gasteiger partial charge in [-0.15, -0.1) is 0 Å². The summed E-state index contributed by atoms with van der Waals surface area (Å²) in [5.74, 6) is 0.600. The van der Waals surface area contributed by atoms with E-state index in [1.165, 1.54) is 11.3 Å². The maximum atomic E-state index is 6.18. The molecule has 1 N–H and O–H groups in total. The summed E-state index contributed by atoms with van der Waals surface area (Å²) in [5.41, 5.74) is 2.49. The smallest absolute Gasteiger partial charge is 0.0637 e. The molecule has 1 aromatic rings. The summed E-state index contributed by atoms with van der Waals surface area (Å²) in [5, 5.41) is 4.26. The highest BCUT2D eigenvalue weighted by Crippen LogP contribution is 2.25. The summed E-state index contributed by atoms with van der Waals surface area (Å²) in [6.07, 6.45) is 0. The van der Waals surface area contributed by atoms with Crippen molar-refractivity contribution in [2.45, 2.75) is 40.3 Å². The molecule has 0 saturated heterocycles. The van der Waals surface area contributed by atoms with Crippen molar-refractivity contribution in [2.24, 2.45) is 5.92 Å². The van der Waals surface area contributed by atoms with Crippen molar-refractivity contribution in [3.8, 4) is 0 Å². The topological polar surface area (TPSA) is 24.5 Å². The van der Waals surface area contributed by atoms with Crippen molar-refractivity contribution in [3.63, 3.8) is 0 Å². The van der Waals surface area contributed by atoms with Crippen LogP contribution in [0, 0.1) is 5.92 Å². The fourth-order valence-corrected chi connectivity index (χ4v) is 2.47. The molecule has 0 aromatic heterocycles. The SMILES string of the molecule is COCCN(CC(C)C)c1ccc(Cl)cc1CNC(C)C. The van der Waals surface area contributed by atoms with E-state index in [1.807, 2.05) is 6.07 Å². The summed E-state index contributed by atoms with van der Waals surface area (Å²) >= 11 is 6.18. The Balaban J connectivity index is 2.98. The lowest BCUT2D eigenvalue weighted by atomic mass is 10.1. The number of hydrogen-bond acceptors (Lipinski definition) is 3. The van der Waals surface area contributed by atoms with Crippen LogP contribution in [0.1, 0.15) is 33.3 Å². The van der Waals surface area contributed by atoms with Gasteiger partial charge >= 0.3 is 0 Å². The summed E-state index contributed by atoms with van der Waals surface area (Å²) in [7, 11) is 1.75. The lowest BCUT2D eigenvalue weighted by Gasteiger charge is -2.29. The van der Waals surface area contributed by atoms with E-state index in [2.05, 4.69) is 50.0 Å². The molecule has 0 bridgehead atoms. The molecule has 120 valence electrons. The lowest BCUT2D eigenvalue weighted by molar-refractivity contribution is 0.204. The van der Waals surface area contributed by atoms with E-state index in [4.69, 9.17) is 16.3 Å². The number of methoxy groups -OCH3 is 1. The van der Waals surface area contributed by atoms with Crippen LogP contribution in [0.25, 0.3) is 0 Å². The number of anilines is 1. The second-order valence-corrected chi connectivity index (χ2v) is 6.58. The van der Waals surface area contributed by atoms with Crippen molar-refractivity contribution in [1.82, 2.24) is 5.32 Å². The average Bonchev–Trinajstić information content (AvgIpc) is 2.41. The van der Waals surface area contributed by atoms with E-state index >= 15 is 0 Å². The van der Waals surface area contributed by atoms with E-state index in [9.17, 15) is 0 Å². The van der Waals surface area contributed by atoms with Gasteiger partial charge in [0, 0.05) is 43.5 Å². The minimum atomic E-state index is 0.453. The van der Waals surface area contributed by atoms with Crippen LogP contribution in [0.3, 0.4) is 0 Å². The van der Waals surface area contributed by atoms with Crippen LogP contribution >= 0.6 is 11.6 Å². The monoisotopic (exact) mass is 312 g/mol. The number of nitrogens with one attached hydrogen (secondary N) is 1. The van der Waals surface area contributed by atoms with E-state index in [1.54, 1.807) is 7.11 Å². The molecule has 0 atom stereocenters. The molecule has 0 spiro atoms. The van der Waals surface area contributed by atoms with Crippen molar-refractivity contribution in [1.29, 1.82) is 0 Å². The average molecular weight is 313 g/mol. The molecular formula is C17H29ClN2O. The van der Waals surface area contributed by atoms with Crippen LogP contribution in [-0.2, 0) is 11.3 Å². The maximum absolute atomic E-state index is 6.18. The number of rotatable bonds is 9. The Bertz CT molecular complexity index is 421. The van der Waals surface area contributed by atoms with E-state index < -0.39 is 0 Å². The molecule has 0 amide bonds. The van der Waals surface area contributed by atoms with Crippen LogP contribution in [0.2, 0.25) is 5.02 Å². The molecule has 0 aliphatic rings. The van der Waals surface area contributed by atoms with Gasteiger partial charge in [0.15, 0.2) is 0 Å². The number of ether oxygens (including phenoxy) is 1. The quantitative estimate of drug-likeness (QED) is 0.747. The van der Waals surface area contributed by atoms with Gasteiger partial charge in [0.1, 0.15) is 0 Å². The Labute approximate surface area is 134 Å².